The fraction of sp³-hybridized carbons (Fsp3) is 0.727. The smallest absolute Gasteiger partial charge is 0.291 e. The lowest BCUT2D eigenvalue weighted by atomic mass is 10.4. The number of hydrogen-bond acceptors (Lipinski definition) is 4. The van der Waals surface area contributed by atoms with Gasteiger partial charge < -0.3 is 10.6 Å². The lowest BCUT2D eigenvalue weighted by Crippen LogP contribution is -2.33. The van der Waals surface area contributed by atoms with E-state index in [1.54, 1.807) is 0 Å². The van der Waals surface area contributed by atoms with Crippen molar-refractivity contribution in [3.05, 3.63) is 11.6 Å². The molecule has 0 unspecified atom stereocenters. The van der Waals surface area contributed by atoms with Gasteiger partial charge in [0.25, 0.3) is 5.91 Å². The number of aromatic amines is 1. The van der Waals surface area contributed by atoms with Gasteiger partial charge >= 0.3 is 0 Å². The largest absolute Gasteiger partial charge is 0.348 e. The van der Waals surface area contributed by atoms with Gasteiger partial charge in [0.05, 0.1) is 0 Å². The van der Waals surface area contributed by atoms with Crippen LogP contribution in [-0.4, -0.2) is 40.2 Å². The van der Waals surface area contributed by atoms with Crippen LogP contribution in [0.3, 0.4) is 0 Å². The van der Waals surface area contributed by atoms with Crippen molar-refractivity contribution >= 4 is 5.91 Å². The van der Waals surface area contributed by atoms with Gasteiger partial charge in [0.1, 0.15) is 5.82 Å². The second kappa shape index (κ2) is 4.44. The Morgan fingerprint density at radius 3 is 2.82 bits per heavy atom. The molecule has 2 aliphatic rings. The van der Waals surface area contributed by atoms with Gasteiger partial charge in [0.2, 0.25) is 5.82 Å². The lowest BCUT2D eigenvalue weighted by Gasteiger charge is -2.03. The molecule has 1 aromatic heterocycles. The molecule has 1 amide bonds. The first kappa shape index (κ1) is 10.7. The van der Waals surface area contributed by atoms with E-state index < -0.39 is 0 Å². The van der Waals surface area contributed by atoms with Gasteiger partial charge in [-0.1, -0.05) is 0 Å². The van der Waals surface area contributed by atoms with Crippen molar-refractivity contribution in [3.8, 4) is 0 Å². The molecule has 1 aromatic rings. The summed E-state index contributed by atoms with van der Waals surface area (Å²) in [6.45, 7) is 1.44. The minimum atomic E-state index is -0.189. The molecule has 2 saturated carbocycles. The predicted molar refractivity (Wildman–Crippen MR) is 61.7 cm³/mol. The zero-order valence-corrected chi connectivity index (χ0v) is 9.70. The first-order valence-corrected chi connectivity index (χ1v) is 6.27. The number of nitrogens with one attached hydrogen (secondary N) is 3. The maximum absolute atomic E-state index is 11.7. The van der Waals surface area contributed by atoms with E-state index in [-0.39, 0.29) is 11.7 Å². The Bertz CT molecular complexity index is 408. The van der Waals surface area contributed by atoms with Crippen LogP contribution in [0.2, 0.25) is 0 Å². The highest BCUT2D eigenvalue weighted by molar-refractivity contribution is 5.90. The van der Waals surface area contributed by atoms with Crippen molar-refractivity contribution in [2.45, 2.75) is 37.6 Å². The van der Waals surface area contributed by atoms with Crippen LogP contribution in [0.1, 0.15) is 48.0 Å². The van der Waals surface area contributed by atoms with E-state index in [9.17, 15) is 4.79 Å². The van der Waals surface area contributed by atoms with E-state index in [1.807, 2.05) is 0 Å². The van der Waals surface area contributed by atoms with Crippen LogP contribution in [0, 0.1) is 0 Å². The number of rotatable bonds is 6. The molecular weight excluding hydrogens is 218 g/mol. The van der Waals surface area contributed by atoms with Crippen molar-refractivity contribution in [2.24, 2.45) is 0 Å². The Morgan fingerprint density at radius 2 is 2.12 bits per heavy atom. The summed E-state index contributed by atoms with van der Waals surface area (Å²) in [5.74, 6) is 1.43. The summed E-state index contributed by atoms with van der Waals surface area (Å²) in [4.78, 5) is 15.9. The zero-order valence-electron chi connectivity index (χ0n) is 9.70. The van der Waals surface area contributed by atoms with Crippen LogP contribution in [0.25, 0.3) is 0 Å². The van der Waals surface area contributed by atoms with Gasteiger partial charge in [-0.05, 0) is 25.7 Å². The maximum atomic E-state index is 11.7. The van der Waals surface area contributed by atoms with Crippen molar-refractivity contribution in [2.75, 3.05) is 13.1 Å². The Morgan fingerprint density at radius 1 is 1.29 bits per heavy atom. The third-order valence-corrected chi connectivity index (χ3v) is 3.09. The molecule has 2 fully saturated rings. The molecule has 92 valence electrons. The molecule has 3 N–H and O–H groups in total. The average molecular weight is 235 g/mol. The molecule has 17 heavy (non-hydrogen) atoms. The average Bonchev–Trinajstić information content (AvgIpc) is 3.25. The summed E-state index contributed by atoms with van der Waals surface area (Å²) < 4.78 is 0. The first-order chi connectivity index (χ1) is 8.33. The number of hydrogen-bond donors (Lipinski definition) is 3. The standard InChI is InChI=1S/C11H17N5O/c17-11(13-6-5-12-8-3-4-8)10-14-9(15-16-10)7-1-2-7/h7-8,12H,1-6H2,(H,13,17)(H,14,15,16). The van der Waals surface area contributed by atoms with E-state index in [0.717, 1.165) is 25.2 Å². The molecule has 3 rings (SSSR count). The van der Waals surface area contributed by atoms with E-state index in [0.29, 0.717) is 18.5 Å². The molecule has 0 radical (unpaired) electrons. The third kappa shape index (κ3) is 2.82. The van der Waals surface area contributed by atoms with Gasteiger partial charge in [-0.3, -0.25) is 9.89 Å². The fourth-order valence-electron chi connectivity index (χ4n) is 1.73. The van der Waals surface area contributed by atoms with Gasteiger partial charge in [0, 0.05) is 25.0 Å². The van der Waals surface area contributed by atoms with E-state index in [4.69, 9.17) is 0 Å². The number of carbonyl (C=O) groups is 1. The molecule has 0 bridgehead atoms. The predicted octanol–water partition coefficient (Wildman–Crippen LogP) is 0.164. The Hall–Kier alpha value is -1.43. The van der Waals surface area contributed by atoms with Crippen LogP contribution in [0.5, 0.6) is 0 Å². The molecule has 1 heterocycles. The highest BCUT2D eigenvalue weighted by Gasteiger charge is 2.28. The van der Waals surface area contributed by atoms with E-state index >= 15 is 0 Å². The Balaban J connectivity index is 1.43. The van der Waals surface area contributed by atoms with Crippen LogP contribution in [-0.2, 0) is 0 Å². The van der Waals surface area contributed by atoms with Gasteiger partial charge in [-0.15, -0.1) is 5.10 Å². The normalized spacial score (nSPS) is 19.3. The van der Waals surface area contributed by atoms with Gasteiger partial charge in [0.15, 0.2) is 0 Å². The number of aromatic nitrogens is 3. The Labute approximate surface area is 99.6 Å². The van der Waals surface area contributed by atoms with Crippen LogP contribution in [0.15, 0.2) is 0 Å². The van der Waals surface area contributed by atoms with Crippen LogP contribution >= 0.6 is 0 Å². The molecule has 0 aromatic carbocycles. The van der Waals surface area contributed by atoms with E-state index in [2.05, 4.69) is 25.8 Å². The zero-order chi connectivity index (χ0) is 11.7. The molecule has 0 atom stereocenters. The lowest BCUT2D eigenvalue weighted by molar-refractivity contribution is 0.0944. The monoisotopic (exact) mass is 235 g/mol. The molecule has 6 heteroatoms. The minimum absolute atomic E-state index is 0.189. The summed E-state index contributed by atoms with van der Waals surface area (Å²) >= 11 is 0. The molecular formula is C11H17N5O. The molecule has 6 nitrogen and oxygen atoms in total. The first-order valence-electron chi connectivity index (χ1n) is 6.27. The molecule has 0 spiro atoms. The van der Waals surface area contributed by atoms with Crippen LogP contribution < -0.4 is 10.6 Å². The summed E-state index contributed by atoms with van der Waals surface area (Å²) in [6.07, 6.45) is 4.84. The van der Waals surface area contributed by atoms with Gasteiger partial charge in [-0.25, -0.2) is 4.98 Å². The van der Waals surface area contributed by atoms with Crippen molar-refractivity contribution < 1.29 is 4.79 Å². The number of amides is 1. The van der Waals surface area contributed by atoms with Gasteiger partial charge in [-0.2, -0.15) is 0 Å². The summed E-state index contributed by atoms with van der Waals surface area (Å²) in [7, 11) is 0. The number of carbonyl (C=O) groups excluding carboxylic acids is 1. The van der Waals surface area contributed by atoms with Crippen LogP contribution in [0.4, 0.5) is 0 Å². The third-order valence-electron chi connectivity index (χ3n) is 3.09. The second-order valence-corrected chi connectivity index (χ2v) is 4.80. The molecule has 0 saturated heterocycles. The maximum Gasteiger partial charge on any atom is 0.291 e. The van der Waals surface area contributed by atoms with Crippen molar-refractivity contribution in [1.82, 2.24) is 25.8 Å². The summed E-state index contributed by atoms with van der Waals surface area (Å²) in [5.41, 5.74) is 0. The summed E-state index contributed by atoms with van der Waals surface area (Å²) in [5, 5.41) is 12.9. The highest BCUT2D eigenvalue weighted by atomic mass is 16.2. The van der Waals surface area contributed by atoms with Crippen molar-refractivity contribution in [1.29, 1.82) is 0 Å². The second-order valence-electron chi connectivity index (χ2n) is 4.80. The minimum Gasteiger partial charge on any atom is -0.348 e. The SMILES string of the molecule is O=C(NCCNC1CC1)c1n[nH]c(C2CC2)n1. The number of nitrogens with zero attached hydrogens (tertiary/aromatic N) is 2. The highest BCUT2D eigenvalue weighted by Crippen LogP contribution is 2.37. The Kier molecular flexibility index (Phi) is 2.80. The van der Waals surface area contributed by atoms with E-state index in [1.165, 1.54) is 12.8 Å². The van der Waals surface area contributed by atoms with Crippen molar-refractivity contribution in [3.63, 3.8) is 0 Å². The number of H-pyrrole nitrogens is 1. The topological polar surface area (TPSA) is 82.7 Å². The fourth-order valence-corrected chi connectivity index (χ4v) is 1.73. The quantitative estimate of drug-likeness (QED) is 0.614. The molecule has 2 aliphatic carbocycles. The summed E-state index contributed by atoms with van der Waals surface area (Å²) in [6, 6.07) is 0.678. The molecule has 0 aliphatic heterocycles.